The van der Waals surface area contributed by atoms with Crippen LogP contribution in [0.2, 0.25) is 0 Å². The van der Waals surface area contributed by atoms with Crippen molar-refractivity contribution in [1.29, 1.82) is 0 Å². The highest BCUT2D eigenvalue weighted by molar-refractivity contribution is 7.85. The van der Waals surface area contributed by atoms with Crippen LogP contribution in [0.4, 0.5) is 5.69 Å². The predicted octanol–water partition coefficient (Wildman–Crippen LogP) is 1.69. The third-order valence-electron chi connectivity index (χ3n) is 2.19. The van der Waals surface area contributed by atoms with E-state index in [4.69, 9.17) is 9.29 Å². The Labute approximate surface area is 102 Å². The van der Waals surface area contributed by atoms with Crippen LogP contribution in [-0.4, -0.2) is 32.4 Å². The molecule has 0 unspecified atom stereocenters. The standard InChI is InChI=1S/C11H17NO4S/c1-9-6-10(8-11(7-9)16-2)12-4-3-5-17(13,14)15/h6-8,12H,3-5H2,1-2H3,(H,13,14,15). The highest BCUT2D eigenvalue weighted by atomic mass is 32.2. The normalized spacial score (nSPS) is 11.2. The Morgan fingerprint density at radius 3 is 2.65 bits per heavy atom. The molecule has 0 atom stereocenters. The summed E-state index contributed by atoms with van der Waals surface area (Å²) in [7, 11) is -2.27. The van der Waals surface area contributed by atoms with Crippen molar-refractivity contribution in [2.75, 3.05) is 24.7 Å². The minimum absolute atomic E-state index is 0.233. The highest BCUT2D eigenvalue weighted by Crippen LogP contribution is 2.20. The predicted molar refractivity (Wildman–Crippen MR) is 67.3 cm³/mol. The van der Waals surface area contributed by atoms with Crippen molar-refractivity contribution in [3.8, 4) is 5.75 Å². The van der Waals surface area contributed by atoms with Crippen molar-refractivity contribution >= 4 is 15.8 Å². The van der Waals surface area contributed by atoms with Gasteiger partial charge in [0.1, 0.15) is 5.75 Å². The summed E-state index contributed by atoms with van der Waals surface area (Å²) in [6, 6.07) is 5.68. The summed E-state index contributed by atoms with van der Waals surface area (Å²) in [5.74, 6) is 0.519. The van der Waals surface area contributed by atoms with Gasteiger partial charge in [0.15, 0.2) is 0 Å². The fourth-order valence-corrected chi connectivity index (χ4v) is 1.96. The van der Waals surface area contributed by atoms with Gasteiger partial charge in [-0.1, -0.05) is 0 Å². The molecule has 6 heteroatoms. The van der Waals surface area contributed by atoms with Crippen LogP contribution in [0.15, 0.2) is 18.2 Å². The summed E-state index contributed by atoms with van der Waals surface area (Å²) in [5.41, 5.74) is 1.93. The molecule has 1 aromatic rings. The van der Waals surface area contributed by atoms with E-state index in [0.29, 0.717) is 13.0 Å². The lowest BCUT2D eigenvalue weighted by atomic mass is 10.2. The quantitative estimate of drug-likeness (QED) is 0.600. The van der Waals surface area contributed by atoms with Crippen molar-refractivity contribution in [3.05, 3.63) is 23.8 Å². The van der Waals surface area contributed by atoms with Crippen LogP contribution in [0, 0.1) is 6.92 Å². The molecule has 0 heterocycles. The Morgan fingerprint density at radius 2 is 2.06 bits per heavy atom. The van der Waals surface area contributed by atoms with E-state index in [-0.39, 0.29) is 5.75 Å². The van der Waals surface area contributed by atoms with Gasteiger partial charge in [0.25, 0.3) is 10.1 Å². The Morgan fingerprint density at radius 1 is 1.35 bits per heavy atom. The second-order valence-corrected chi connectivity index (χ2v) is 5.38. The maximum Gasteiger partial charge on any atom is 0.264 e. The van der Waals surface area contributed by atoms with E-state index in [1.807, 2.05) is 25.1 Å². The third-order valence-corrected chi connectivity index (χ3v) is 3.00. The molecule has 5 nitrogen and oxygen atoms in total. The molecule has 2 N–H and O–H groups in total. The van der Waals surface area contributed by atoms with Crippen molar-refractivity contribution in [2.45, 2.75) is 13.3 Å². The summed E-state index contributed by atoms with van der Waals surface area (Å²) in [6.07, 6.45) is 0.356. The second-order valence-electron chi connectivity index (χ2n) is 3.81. The third kappa shape index (κ3) is 5.55. The number of methoxy groups -OCH3 is 1. The zero-order chi connectivity index (χ0) is 12.9. The van der Waals surface area contributed by atoms with E-state index < -0.39 is 10.1 Å². The van der Waals surface area contributed by atoms with Crippen LogP contribution in [-0.2, 0) is 10.1 Å². The minimum atomic E-state index is -3.86. The number of anilines is 1. The van der Waals surface area contributed by atoms with E-state index >= 15 is 0 Å². The molecule has 0 aliphatic rings. The molecule has 1 aromatic carbocycles. The molecular formula is C11H17NO4S. The topological polar surface area (TPSA) is 75.6 Å². The Balaban J connectivity index is 2.49. The molecule has 96 valence electrons. The van der Waals surface area contributed by atoms with E-state index in [2.05, 4.69) is 5.32 Å². The van der Waals surface area contributed by atoms with Crippen molar-refractivity contribution in [1.82, 2.24) is 0 Å². The lowest BCUT2D eigenvalue weighted by molar-refractivity contribution is 0.414. The molecule has 0 aliphatic heterocycles. The van der Waals surface area contributed by atoms with Gasteiger partial charge in [-0.15, -0.1) is 0 Å². The molecule has 0 saturated heterocycles. The minimum Gasteiger partial charge on any atom is -0.497 e. The van der Waals surface area contributed by atoms with Crippen LogP contribution in [0.25, 0.3) is 0 Å². The zero-order valence-electron chi connectivity index (χ0n) is 9.93. The fraction of sp³-hybridized carbons (Fsp3) is 0.455. The van der Waals surface area contributed by atoms with Gasteiger partial charge < -0.3 is 10.1 Å². The summed E-state index contributed by atoms with van der Waals surface area (Å²) in [5, 5.41) is 3.08. The van der Waals surface area contributed by atoms with Gasteiger partial charge in [0, 0.05) is 18.3 Å². The smallest absolute Gasteiger partial charge is 0.264 e. The number of rotatable bonds is 6. The number of hydrogen-bond acceptors (Lipinski definition) is 4. The van der Waals surface area contributed by atoms with Crippen LogP contribution >= 0.6 is 0 Å². The zero-order valence-corrected chi connectivity index (χ0v) is 10.8. The van der Waals surface area contributed by atoms with Crippen LogP contribution in [0.5, 0.6) is 5.75 Å². The molecule has 17 heavy (non-hydrogen) atoms. The molecule has 0 amide bonds. The van der Waals surface area contributed by atoms with Crippen LogP contribution in [0.3, 0.4) is 0 Å². The molecule has 0 aromatic heterocycles. The maximum atomic E-state index is 10.5. The van der Waals surface area contributed by atoms with Crippen LogP contribution in [0.1, 0.15) is 12.0 Å². The molecule has 0 fully saturated rings. The summed E-state index contributed by atoms with van der Waals surface area (Å²) in [4.78, 5) is 0. The first kappa shape index (κ1) is 13.8. The largest absolute Gasteiger partial charge is 0.497 e. The summed E-state index contributed by atoms with van der Waals surface area (Å²) < 4.78 is 34.7. The summed E-state index contributed by atoms with van der Waals surface area (Å²) in [6.45, 7) is 2.43. The monoisotopic (exact) mass is 259 g/mol. The first-order chi connectivity index (χ1) is 7.90. The first-order valence-corrected chi connectivity index (χ1v) is 6.86. The van der Waals surface area contributed by atoms with Crippen molar-refractivity contribution in [2.24, 2.45) is 0 Å². The molecule has 0 saturated carbocycles. The Kier molecular flexibility index (Phi) is 4.77. The van der Waals surface area contributed by atoms with E-state index in [9.17, 15) is 8.42 Å². The first-order valence-electron chi connectivity index (χ1n) is 5.25. The lowest BCUT2D eigenvalue weighted by Crippen LogP contribution is -2.10. The van der Waals surface area contributed by atoms with Gasteiger partial charge in [0.2, 0.25) is 0 Å². The number of hydrogen-bond donors (Lipinski definition) is 2. The molecule has 0 bridgehead atoms. The summed E-state index contributed by atoms with van der Waals surface area (Å²) >= 11 is 0. The number of nitrogens with one attached hydrogen (secondary N) is 1. The van der Waals surface area contributed by atoms with E-state index in [1.54, 1.807) is 7.11 Å². The number of aryl methyl sites for hydroxylation is 1. The Bertz CT molecular complexity index is 470. The second kappa shape index (κ2) is 5.88. The van der Waals surface area contributed by atoms with Crippen molar-refractivity contribution in [3.63, 3.8) is 0 Å². The molecule has 0 radical (unpaired) electrons. The van der Waals surface area contributed by atoms with Gasteiger partial charge in [-0.05, 0) is 31.0 Å². The molecule has 0 spiro atoms. The maximum absolute atomic E-state index is 10.5. The highest BCUT2D eigenvalue weighted by Gasteiger charge is 2.03. The molecular weight excluding hydrogens is 242 g/mol. The van der Waals surface area contributed by atoms with Gasteiger partial charge >= 0.3 is 0 Å². The van der Waals surface area contributed by atoms with Gasteiger partial charge in [-0.3, -0.25) is 4.55 Å². The molecule has 1 rings (SSSR count). The van der Waals surface area contributed by atoms with Gasteiger partial charge in [-0.25, -0.2) is 0 Å². The van der Waals surface area contributed by atoms with Gasteiger partial charge in [-0.2, -0.15) is 8.42 Å². The lowest BCUT2D eigenvalue weighted by Gasteiger charge is -2.09. The van der Waals surface area contributed by atoms with E-state index in [1.165, 1.54) is 0 Å². The fourth-order valence-electron chi connectivity index (χ4n) is 1.46. The van der Waals surface area contributed by atoms with Crippen LogP contribution < -0.4 is 10.1 Å². The van der Waals surface area contributed by atoms with Crippen molar-refractivity contribution < 1.29 is 17.7 Å². The average molecular weight is 259 g/mol. The van der Waals surface area contributed by atoms with E-state index in [0.717, 1.165) is 17.0 Å². The SMILES string of the molecule is COc1cc(C)cc(NCCCS(=O)(=O)O)c1. The molecule has 0 aliphatic carbocycles. The Hall–Kier alpha value is -1.27. The number of benzene rings is 1. The van der Waals surface area contributed by atoms with Gasteiger partial charge in [0.05, 0.1) is 12.9 Å². The number of ether oxygens (including phenoxy) is 1. The average Bonchev–Trinajstić information content (AvgIpc) is 2.22.